The van der Waals surface area contributed by atoms with Crippen molar-refractivity contribution in [3.63, 3.8) is 0 Å². The van der Waals surface area contributed by atoms with Gasteiger partial charge in [-0.3, -0.25) is 0 Å². The van der Waals surface area contributed by atoms with Crippen molar-refractivity contribution >= 4 is 35.8 Å². The normalized spacial score (nSPS) is 14.1. The number of halogens is 1. The molecule has 0 amide bonds. The number of sulfone groups is 1. The zero-order chi connectivity index (χ0) is 12.3. The maximum atomic E-state index is 11.3. The molecular weight excluding hydrogens is 306 g/mol. The van der Waals surface area contributed by atoms with Gasteiger partial charge in [0, 0.05) is 18.1 Å². The van der Waals surface area contributed by atoms with E-state index in [1.807, 2.05) is 13.8 Å². The van der Waals surface area contributed by atoms with Crippen molar-refractivity contribution in [1.82, 2.24) is 4.72 Å². The molecule has 0 bridgehead atoms. The largest absolute Gasteiger partial charge is 0.228 e. The van der Waals surface area contributed by atoms with E-state index in [-0.39, 0.29) is 12.0 Å². The minimum Gasteiger partial charge on any atom is -0.228 e. The van der Waals surface area contributed by atoms with Crippen LogP contribution in [0.25, 0.3) is 0 Å². The standard InChI is InChI=1S/C7H16BrNO4S2/c1-7(2,4-8)5-9-15(12,13)6-14(3,10)11/h9H,4-6H2,1-3H3. The van der Waals surface area contributed by atoms with Crippen LogP contribution in [0.5, 0.6) is 0 Å². The molecule has 0 rings (SSSR count). The van der Waals surface area contributed by atoms with Crippen LogP contribution in [0.4, 0.5) is 0 Å². The molecule has 0 heterocycles. The van der Waals surface area contributed by atoms with E-state index in [9.17, 15) is 16.8 Å². The second kappa shape index (κ2) is 5.11. The van der Waals surface area contributed by atoms with Crippen molar-refractivity contribution < 1.29 is 16.8 Å². The Labute approximate surface area is 99.7 Å². The first-order valence-electron chi connectivity index (χ1n) is 4.18. The van der Waals surface area contributed by atoms with Crippen molar-refractivity contribution in [2.45, 2.75) is 13.8 Å². The molecule has 0 aromatic rings. The maximum Gasteiger partial charge on any atom is 0.226 e. The lowest BCUT2D eigenvalue weighted by molar-refractivity contribution is 0.420. The third-order valence-corrected chi connectivity index (χ3v) is 6.56. The van der Waals surface area contributed by atoms with Crippen LogP contribution in [0.3, 0.4) is 0 Å². The lowest BCUT2D eigenvalue weighted by Gasteiger charge is -2.21. The molecule has 0 aromatic carbocycles. The van der Waals surface area contributed by atoms with E-state index in [4.69, 9.17) is 0 Å². The van der Waals surface area contributed by atoms with Crippen LogP contribution in [0.1, 0.15) is 13.8 Å². The molecule has 8 heteroatoms. The molecule has 0 saturated heterocycles. The van der Waals surface area contributed by atoms with Crippen LogP contribution in [0, 0.1) is 5.41 Å². The maximum absolute atomic E-state index is 11.3. The van der Waals surface area contributed by atoms with E-state index in [0.717, 1.165) is 6.26 Å². The van der Waals surface area contributed by atoms with Crippen LogP contribution in [-0.2, 0) is 19.9 Å². The highest BCUT2D eigenvalue weighted by atomic mass is 79.9. The molecule has 0 saturated carbocycles. The lowest BCUT2D eigenvalue weighted by atomic mass is 9.98. The van der Waals surface area contributed by atoms with Crippen molar-refractivity contribution in [3.8, 4) is 0 Å². The van der Waals surface area contributed by atoms with Crippen LogP contribution in [-0.4, -0.2) is 40.1 Å². The van der Waals surface area contributed by atoms with E-state index in [0.29, 0.717) is 5.33 Å². The van der Waals surface area contributed by atoms with Crippen LogP contribution in [0.2, 0.25) is 0 Å². The highest BCUT2D eigenvalue weighted by Crippen LogP contribution is 2.16. The quantitative estimate of drug-likeness (QED) is 0.715. The monoisotopic (exact) mass is 321 g/mol. The molecular formula is C7H16BrNO4S2. The average Bonchev–Trinajstić information content (AvgIpc) is 1.97. The summed E-state index contributed by atoms with van der Waals surface area (Å²) in [5.41, 5.74) is -0.245. The van der Waals surface area contributed by atoms with Gasteiger partial charge in [-0.1, -0.05) is 29.8 Å². The summed E-state index contributed by atoms with van der Waals surface area (Å²) < 4.78 is 46.5. The first kappa shape index (κ1) is 15.3. The minimum atomic E-state index is -3.74. The Morgan fingerprint density at radius 1 is 1.20 bits per heavy atom. The molecule has 5 nitrogen and oxygen atoms in total. The predicted octanol–water partition coefficient (Wildman–Crippen LogP) is 0.329. The highest BCUT2D eigenvalue weighted by Gasteiger charge is 2.22. The Bertz CT molecular complexity index is 399. The first-order chi connectivity index (χ1) is 6.47. The zero-order valence-electron chi connectivity index (χ0n) is 8.95. The van der Waals surface area contributed by atoms with E-state index in [2.05, 4.69) is 20.7 Å². The molecule has 0 spiro atoms. The van der Waals surface area contributed by atoms with E-state index in [1.54, 1.807) is 0 Å². The Hall–Kier alpha value is 0.340. The van der Waals surface area contributed by atoms with Gasteiger partial charge in [-0.05, 0) is 5.41 Å². The fourth-order valence-corrected chi connectivity index (χ4v) is 4.07. The molecule has 0 fully saturated rings. The van der Waals surface area contributed by atoms with Crippen LogP contribution >= 0.6 is 15.9 Å². The summed E-state index contributed by atoms with van der Waals surface area (Å²) in [5, 5.41) is -0.236. The number of hydrogen-bond acceptors (Lipinski definition) is 4. The second-order valence-corrected chi connectivity index (χ2v) is 9.15. The molecule has 1 N–H and O–H groups in total. The number of nitrogens with one attached hydrogen (secondary N) is 1. The summed E-state index contributed by atoms with van der Waals surface area (Å²) in [6.45, 7) is 3.94. The van der Waals surface area contributed by atoms with Gasteiger partial charge in [-0.15, -0.1) is 0 Å². The molecule has 0 aliphatic carbocycles. The summed E-state index contributed by atoms with van der Waals surface area (Å²) in [4.78, 5) is 0. The fourth-order valence-electron chi connectivity index (χ4n) is 0.676. The van der Waals surface area contributed by atoms with Gasteiger partial charge < -0.3 is 0 Å². The molecule has 0 atom stereocenters. The Morgan fingerprint density at radius 2 is 1.67 bits per heavy atom. The first-order valence-corrected chi connectivity index (χ1v) is 9.02. The van der Waals surface area contributed by atoms with Crippen LogP contribution < -0.4 is 4.72 Å². The molecule has 0 aromatic heterocycles. The van der Waals surface area contributed by atoms with Crippen LogP contribution in [0.15, 0.2) is 0 Å². The molecule has 0 radical (unpaired) electrons. The number of rotatable bonds is 6. The molecule has 0 aliphatic rings. The van der Waals surface area contributed by atoms with Gasteiger partial charge in [0.2, 0.25) is 10.0 Å². The van der Waals surface area contributed by atoms with Gasteiger partial charge >= 0.3 is 0 Å². The van der Waals surface area contributed by atoms with Gasteiger partial charge in [-0.25, -0.2) is 21.6 Å². The second-order valence-electron chi connectivity index (χ2n) is 4.28. The number of alkyl halides is 1. The van der Waals surface area contributed by atoms with Gasteiger partial charge in [0.1, 0.15) is 0 Å². The summed E-state index contributed by atoms with van der Waals surface area (Å²) in [6, 6.07) is 0. The SMILES string of the molecule is CC(C)(CBr)CNS(=O)(=O)CS(C)(=O)=O. The Kier molecular flexibility index (Phi) is 5.23. The Morgan fingerprint density at radius 3 is 2.00 bits per heavy atom. The number of sulfonamides is 1. The van der Waals surface area contributed by atoms with Gasteiger partial charge in [0.25, 0.3) is 0 Å². The lowest BCUT2D eigenvalue weighted by Crippen LogP contribution is -2.37. The Balaban J connectivity index is 4.43. The third kappa shape index (κ3) is 8.18. The fraction of sp³-hybridized carbons (Fsp3) is 1.00. The van der Waals surface area contributed by atoms with Gasteiger partial charge in [0.15, 0.2) is 14.9 Å². The van der Waals surface area contributed by atoms with E-state index < -0.39 is 24.9 Å². The molecule has 0 aliphatic heterocycles. The third-order valence-electron chi connectivity index (χ3n) is 1.50. The smallest absolute Gasteiger partial charge is 0.226 e. The summed E-state index contributed by atoms with van der Waals surface area (Å²) >= 11 is 3.25. The molecule has 0 unspecified atom stereocenters. The average molecular weight is 322 g/mol. The van der Waals surface area contributed by atoms with E-state index in [1.165, 1.54) is 0 Å². The van der Waals surface area contributed by atoms with Gasteiger partial charge in [-0.2, -0.15) is 0 Å². The zero-order valence-corrected chi connectivity index (χ0v) is 12.2. The van der Waals surface area contributed by atoms with Gasteiger partial charge in [0.05, 0.1) is 0 Å². The summed E-state index contributed by atoms with van der Waals surface area (Å²) in [5.74, 6) is 0. The summed E-state index contributed by atoms with van der Waals surface area (Å²) in [6.07, 6.45) is 0.891. The van der Waals surface area contributed by atoms with Crippen molar-refractivity contribution in [2.24, 2.45) is 5.41 Å². The highest BCUT2D eigenvalue weighted by molar-refractivity contribution is 9.09. The summed E-state index contributed by atoms with van der Waals surface area (Å²) in [7, 11) is -7.26. The minimum absolute atomic E-state index is 0.204. The van der Waals surface area contributed by atoms with Crippen molar-refractivity contribution in [2.75, 3.05) is 23.2 Å². The van der Waals surface area contributed by atoms with Crippen molar-refractivity contribution in [3.05, 3.63) is 0 Å². The topological polar surface area (TPSA) is 80.3 Å². The number of hydrogen-bond donors (Lipinski definition) is 1. The van der Waals surface area contributed by atoms with E-state index >= 15 is 0 Å². The molecule has 15 heavy (non-hydrogen) atoms. The predicted molar refractivity (Wildman–Crippen MR) is 64.2 cm³/mol. The molecule has 92 valence electrons. The van der Waals surface area contributed by atoms with Crippen molar-refractivity contribution in [1.29, 1.82) is 0 Å².